The summed E-state index contributed by atoms with van der Waals surface area (Å²) in [6, 6.07) is 8.34. The number of hydrogen-bond acceptors (Lipinski definition) is 4. The molecule has 0 aliphatic heterocycles. The topological polar surface area (TPSA) is 71.1 Å². The molecule has 86 valence electrons. The van der Waals surface area contributed by atoms with E-state index in [2.05, 4.69) is 11.2 Å². The summed E-state index contributed by atoms with van der Waals surface area (Å²) in [6.07, 6.45) is 0. The van der Waals surface area contributed by atoms with Gasteiger partial charge in [0, 0.05) is 7.05 Å². The summed E-state index contributed by atoms with van der Waals surface area (Å²) in [6.45, 7) is 1.75. The number of phenols is 1. The van der Waals surface area contributed by atoms with E-state index < -0.39 is 0 Å². The predicted octanol–water partition coefficient (Wildman–Crippen LogP) is 2.10. The molecule has 0 fully saturated rings. The van der Waals surface area contributed by atoms with E-state index in [1.165, 1.54) is 16.8 Å². The van der Waals surface area contributed by atoms with E-state index >= 15 is 0 Å². The van der Waals surface area contributed by atoms with Gasteiger partial charge >= 0.3 is 0 Å². The van der Waals surface area contributed by atoms with Crippen LogP contribution in [-0.2, 0) is 7.05 Å². The number of ether oxygens (including phenoxy) is 1. The summed E-state index contributed by atoms with van der Waals surface area (Å²) in [4.78, 5) is 0. The van der Waals surface area contributed by atoms with Gasteiger partial charge in [-0.3, -0.25) is 0 Å². The van der Waals surface area contributed by atoms with Crippen LogP contribution in [0, 0.1) is 18.3 Å². The second-order valence-corrected chi connectivity index (χ2v) is 3.60. The third kappa shape index (κ3) is 2.06. The highest BCUT2D eigenvalue weighted by Gasteiger charge is 2.14. The van der Waals surface area contributed by atoms with Crippen molar-refractivity contribution in [3.63, 3.8) is 0 Å². The minimum Gasteiger partial charge on any atom is -0.508 e. The van der Waals surface area contributed by atoms with Gasteiger partial charge in [0.05, 0.1) is 5.69 Å². The molecule has 0 atom stereocenters. The van der Waals surface area contributed by atoms with Crippen LogP contribution < -0.4 is 4.74 Å². The standard InChI is InChI=1S/C12H11N3O2/c1-8-11(7-13)12(15(2)14-8)17-10-5-3-9(16)4-6-10/h3-6,16H,1-2H3. The van der Waals surface area contributed by atoms with E-state index in [0.29, 0.717) is 22.9 Å². The Bertz CT molecular complexity index is 579. The van der Waals surface area contributed by atoms with E-state index in [1.54, 1.807) is 26.1 Å². The van der Waals surface area contributed by atoms with Crippen molar-refractivity contribution in [2.45, 2.75) is 6.92 Å². The summed E-state index contributed by atoms with van der Waals surface area (Å²) in [5.74, 6) is 1.11. The van der Waals surface area contributed by atoms with Crippen molar-refractivity contribution in [1.29, 1.82) is 5.26 Å². The van der Waals surface area contributed by atoms with Crippen LogP contribution in [0.4, 0.5) is 0 Å². The summed E-state index contributed by atoms with van der Waals surface area (Å²) in [5, 5.41) is 22.3. The Morgan fingerprint density at radius 2 is 2.00 bits per heavy atom. The van der Waals surface area contributed by atoms with Gasteiger partial charge in [0.1, 0.15) is 23.1 Å². The Morgan fingerprint density at radius 1 is 1.35 bits per heavy atom. The number of aryl methyl sites for hydroxylation is 2. The van der Waals surface area contributed by atoms with Gasteiger partial charge in [0.25, 0.3) is 0 Å². The number of aromatic nitrogens is 2. The molecule has 0 unspecified atom stereocenters. The van der Waals surface area contributed by atoms with Crippen molar-refractivity contribution in [2.24, 2.45) is 7.05 Å². The lowest BCUT2D eigenvalue weighted by Gasteiger charge is -2.05. The van der Waals surface area contributed by atoms with Crippen LogP contribution in [-0.4, -0.2) is 14.9 Å². The first kappa shape index (κ1) is 11.0. The zero-order valence-electron chi connectivity index (χ0n) is 9.51. The monoisotopic (exact) mass is 229 g/mol. The highest BCUT2D eigenvalue weighted by Crippen LogP contribution is 2.27. The van der Waals surface area contributed by atoms with Crippen molar-refractivity contribution in [2.75, 3.05) is 0 Å². The maximum Gasteiger partial charge on any atom is 0.235 e. The molecule has 2 aromatic rings. The lowest BCUT2D eigenvalue weighted by atomic mass is 10.3. The molecule has 5 nitrogen and oxygen atoms in total. The number of benzene rings is 1. The predicted molar refractivity (Wildman–Crippen MR) is 60.8 cm³/mol. The van der Waals surface area contributed by atoms with Crippen LogP contribution in [0.2, 0.25) is 0 Å². The van der Waals surface area contributed by atoms with Gasteiger partial charge in [0.15, 0.2) is 0 Å². The molecule has 0 spiro atoms. The maximum absolute atomic E-state index is 9.16. The largest absolute Gasteiger partial charge is 0.508 e. The van der Waals surface area contributed by atoms with Crippen molar-refractivity contribution in [1.82, 2.24) is 9.78 Å². The van der Waals surface area contributed by atoms with Gasteiger partial charge < -0.3 is 9.84 Å². The normalized spacial score (nSPS) is 9.94. The smallest absolute Gasteiger partial charge is 0.235 e. The van der Waals surface area contributed by atoms with Gasteiger partial charge in [0.2, 0.25) is 5.88 Å². The molecule has 5 heteroatoms. The number of rotatable bonds is 2. The molecule has 0 aliphatic rings. The molecule has 0 bridgehead atoms. The Balaban J connectivity index is 2.36. The van der Waals surface area contributed by atoms with Crippen LogP contribution in [0.3, 0.4) is 0 Å². The quantitative estimate of drug-likeness (QED) is 0.855. The van der Waals surface area contributed by atoms with E-state index in [9.17, 15) is 0 Å². The molecule has 2 rings (SSSR count). The molecule has 17 heavy (non-hydrogen) atoms. The van der Waals surface area contributed by atoms with Crippen LogP contribution >= 0.6 is 0 Å². The zero-order valence-corrected chi connectivity index (χ0v) is 9.51. The van der Waals surface area contributed by atoms with Crippen molar-refractivity contribution in [3.8, 4) is 23.4 Å². The fourth-order valence-electron chi connectivity index (χ4n) is 1.51. The Hall–Kier alpha value is -2.48. The van der Waals surface area contributed by atoms with Crippen molar-refractivity contribution < 1.29 is 9.84 Å². The maximum atomic E-state index is 9.16. The van der Waals surface area contributed by atoms with E-state index in [-0.39, 0.29) is 5.75 Å². The van der Waals surface area contributed by atoms with Crippen LogP contribution in [0.25, 0.3) is 0 Å². The zero-order chi connectivity index (χ0) is 12.4. The fraction of sp³-hybridized carbons (Fsp3) is 0.167. The molecule has 1 aromatic carbocycles. The van der Waals surface area contributed by atoms with E-state index in [4.69, 9.17) is 15.1 Å². The Morgan fingerprint density at radius 3 is 2.59 bits per heavy atom. The average molecular weight is 229 g/mol. The van der Waals surface area contributed by atoms with Gasteiger partial charge in [-0.2, -0.15) is 10.4 Å². The van der Waals surface area contributed by atoms with Gasteiger partial charge in [-0.1, -0.05) is 0 Å². The average Bonchev–Trinajstić information content (AvgIpc) is 2.57. The van der Waals surface area contributed by atoms with Crippen LogP contribution in [0.5, 0.6) is 17.4 Å². The first-order valence-corrected chi connectivity index (χ1v) is 5.02. The highest BCUT2D eigenvalue weighted by molar-refractivity contribution is 5.44. The third-order valence-corrected chi connectivity index (χ3v) is 2.33. The molecular formula is C12H11N3O2. The Kier molecular flexibility index (Phi) is 2.71. The summed E-state index contributed by atoms with van der Waals surface area (Å²) in [5.41, 5.74) is 1.05. The molecule has 0 radical (unpaired) electrons. The number of aromatic hydroxyl groups is 1. The van der Waals surface area contributed by atoms with E-state index in [1.807, 2.05) is 0 Å². The second-order valence-electron chi connectivity index (χ2n) is 3.60. The van der Waals surface area contributed by atoms with Gasteiger partial charge in [-0.15, -0.1) is 0 Å². The second kappa shape index (κ2) is 4.18. The van der Waals surface area contributed by atoms with Gasteiger partial charge in [-0.05, 0) is 31.2 Å². The summed E-state index contributed by atoms with van der Waals surface area (Å²) in [7, 11) is 1.71. The summed E-state index contributed by atoms with van der Waals surface area (Å²) < 4.78 is 7.09. The third-order valence-electron chi connectivity index (χ3n) is 2.33. The minimum atomic E-state index is 0.166. The lowest BCUT2D eigenvalue weighted by molar-refractivity contribution is 0.426. The molecule has 1 heterocycles. The molecule has 0 saturated carbocycles. The minimum absolute atomic E-state index is 0.166. The number of nitrogens with zero attached hydrogens (tertiary/aromatic N) is 3. The molecule has 0 aliphatic carbocycles. The first-order valence-electron chi connectivity index (χ1n) is 5.02. The first-order chi connectivity index (χ1) is 8.11. The number of hydrogen-bond donors (Lipinski definition) is 1. The molecule has 1 N–H and O–H groups in total. The number of phenolic OH excluding ortho intramolecular Hbond substituents is 1. The molecule has 0 amide bonds. The van der Waals surface area contributed by atoms with Gasteiger partial charge in [-0.25, -0.2) is 4.68 Å². The molecule has 0 saturated heterocycles. The van der Waals surface area contributed by atoms with Crippen molar-refractivity contribution in [3.05, 3.63) is 35.5 Å². The molecular weight excluding hydrogens is 218 g/mol. The van der Waals surface area contributed by atoms with E-state index in [0.717, 1.165) is 0 Å². The fourth-order valence-corrected chi connectivity index (χ4v) is 1.51. The number of nitriles is 1. The molecule has 1 aromatic heterocycles. The van der Waals surface area contributed by atoms with Crippen molar-refractivity contribution >= 4 is 0 Å². The summed E-state index contributed by atoms with van der Waals surface area (Å²) >= 11 is 0. The Labute approximate surface area is 98.5 Å². The SMILES string of the molecule is Cc1nn(C)c(Oc2ccc(O)cc2)c1C#N. The van der Waals surface area contributed by atoms with Crippen LogP contribution in [0.1, 0.15) is 11.3 Å². The lowest BCUT2D eigenvalue weighted by Crippen LogP contribution is -1.95. The van der Waals surface area contributed by atoms with Crippen LogP contribution in [0.15, 0.2) is 24.3 Å². The highest BCUT2D eigenvalue weighted by atomic mass is 16.5.